The maximum atomic E-state index is 12.1. The second-order valence-corrected chi connectivity index (χ2v) is 5.83. The SMILES string of the molecule is O=C(CSc1nc2ccc(Cl)cc2[nH]1)c1ccccc1O. The van der Waals surface area contributed by atoms with E-state index >= 15 is 0 Å². The van der Waals surface area contributed by atoms with Gasteiger partial charge in [0, 0.05) is 5.02 Å². The van der Waals surface area contributed by atoms with Crippen LogP contribution in [0.25, 0.3) is 11.0 Å². The van der Waals surface area contributed by atoms with Crippen molar-refractivity contribution in [3.05, 3.63) is 53.1 Å². The normalized spacial score (nSPS) is 10.9. The van der Waals surface area contributed by atoms with Crippen molar-refractivity contribution in [3.63, 3.8) is 0 Å². The summed E-state index contributed by atoms with van der Waals surface area (Å²) in [5.74, 6) is 0.0570. The van der Waals surface area contributed by atoms with E-state index in [1.807, 2.05) is 6.07 Å². The molecule has 0 saturated heterocycles. The van der Waals surface area contributed by atoms with Gasteiger partial charge in [-0.25, -0.2) is 4.98 Å². The number of rotatable bonds is 4. The van der Waals surface area contributed by atoms with Crippen LogP contribution in [0.4, 0.5) is 0 Å². The lowest BCUT2D eigenvalue weighted by Gasteiger charge is -2.01. The number of carbonyl (C=O) groups excluding carboxylic acids is 1. The monoisotopic (exact) mass is 318 g/mol. The van der Waals surface area contributed by atoms with Crippen LogP contribution in [0.5, 0.6) is 5.75 Å². The second-order valence-electron chi connectivity index (χ2n) is 4.43. The fourth-order valence-corrected chi connectivity index (χ4v) is 2.89. The predicted molar refractivity (Wildman–Crippen MR) is 84.3 cm³/mol. The first-order chi connectivity index (χ1) is 10.1. The Balaban J connectivity index is 1.74. The van der Waals surface area contributed by atoms with Crippen molar-refractivity contribution in [1.29, 1.82) is 0 Å². The largest absolute Gasteiger partial charge is 0.507 e. The average molecular weight is 319 g/mol. The molecule has 4 nitrogen and oxygen atoms in total. The van der Waals surface area contributed by atoms with Gasteiger partial charge in [0.2, 0.25) is 0 Å². The topological polar surface area (TPSA) is 66.0 Å². The number of para-hydroxylation sites is 1. The Morgan fingerprint density at radius 1 is 1.29 bits per heavy atom. The Labute approximate surface area is 130 Å². The maximum absolute atomic E-state index is 12.1. The molecule has 0 spiro atoms. The number of ketones is 1. The first kappa shape index (κ1) is 14.0. The van der Waals surface area contributed by atoms with Crippen LogP contribution in [-0.2, 0) is 0 Å². The third-order valence-electron chi connectivity index (χ3n) is 2.97. The van der Waals surface area contributed by atoms with Gasteiger partial charge in [0.05, 0.1) is 22.3 Å². The lowest BCUT2D eigenvalue weighted by molar-refractivity contribution is 0.102. The van der Waals surface area contributed by atoms with Gasteiger partial charge in [0.25, 0.3) is 0 Å². The van der Waals surface area contributed by atoms with Gasteiger partial charge in [0.1, 0.15) is 5.75 Å². The highest BCUT2D eigenvalue weighted by Gasteiger charge is 2.12. The van der Waals surface area contributed by atoms with E-state index < -0.39 is 0 Å². The number of Topliss-reactive ketones (excluding diaryl/α,β-unsaturated/α-hetero) is 1. The minimum Gasteiger partial charge on any atom is -0.507 e. The Morgan fingerprint density at radius 3 is 2.90 bits per heavy atom. The molecule has 3 rings (SSSR count). The van der Waals surface area contributed by atoms with Crippen molar-refractivity contribution in [2.75, 3.05) is 5.75 Å². The molecule has 0 atom stereocenters. The van der Waals surface area contributed by atoms with Crippen molar-refractivity contribution in [3.8, 4) is 5.75 Å². The highest BCUT2D eigenvalue weighted by Crippen LogP contribution is 2.24. The molecule has 1 aromatic heterocycles. The number of imidazole rings is 1. The quantitative estimate of drug-likeness (QED) is 0.565. The molecule has 2 aromatic carbocycles. The third-order valence-corrected chi connectivity index (χ3v) is 4.08. The van der Waals surface area contributed by atoms with Crippen LogP contribution in [0, 0.1) is 0 Å². The lowest BCUT2D eigenvalue weighted by Crippen LogP contribution is -2.02. The zero-order valence-electron chi connectivity index (χ0n) is 10.8. The summed E-state index contributed by atoms with van der Waals surface area (Å²) >= 11 is 7.21. The smallest absolute Gasteiger partial charge is 0.176 e. The van der Waals surface area contributed by atoms with Gasteiger partial charge in [-0.15, -0.1) is 0 Å². The summed E-state index contributed by atoms with van der Waals surface area (Å²) in [7, 11) is 0. The Hall–Kier alpha value is -1.98. The minimum absolute atomic E-state index is 0.000474. The number of hydrogen-bond acceptors (Lipinski definition) is 4. The van der Waals surface area contributed by atoms with Crippen molar-refractivity contribution >= 4 is 40.2 Å². The lowest BCUT2D eigenvalue weighted by atomic mass is 10.1. The molecule has 0 aliphatic carbocycles. The fourth-order valence-electron chi connectivity index (χ4n) is 1.95. The number of nitrogens with one attached hydrogen (secondary N) is 1. The third kappa shape index (κ3) is 3.04. The van der Waals surface area contributed by atoms with Crippen LogP contribution in [-0.4, -0.2) is 26.6 Å². The maximum Gasteiger partial charge on any atom is 0.176 e. The van der Waals surface area contributed by atoms with Gasteiger partial charge in [-0.3, -0.25) is 4.79 Å². The van der Waals surface area contributed by atoms with Gasteiger partial charge < -0.3 is 10.1 Å². The number of phenolic OH excluding ortho intramolecular Hbond substituents is 1. The van der Waals surface area contributed by atoms with Crippen LogP contribution < -0.4 is 0 Å². The molecule has 6 heteroatoms. The zero-order chi connectivity index (χ0) is 14.8. The standard InChI is InChI=1S/C15H11ClN2O2S/c16-9-5-6-11-12(7-9)18-15(17-11)21-8-14(20)10-3-1-2-4-13(10)19/h1-7,19H,8H2,(H,17,18). The predicted octanol–water partition coefficient (Wildman–Crippen LogP) is 3.90. The fraction of sp³-hybridized carbons (Fsp3) is 0.0667. The van der Waals surface area contributed by atoms with E-state index in [1.54, 1.807) is 30.3 Å². The summed E-state index contributed by atoms with van der Waals surface area (Å²) in [6.07, 6.45) is 0. The van der Waals surface area contributed by atoms with Crippen LogP contribution in [0.2, 0.25) is 5.02 Å². The first-order valence-corrected chi connectivity index (χ1v) is 7.59. The molecule has 3 aromatic rings. The van der Waals surface area contributed by atoms with Gasteiger partial charge >= 0.3 is 0 Å². The molecule has 21 heavy (non-hydrogen) atoms. The number of fused-ring (bicyclic) bond motifs is 1. The molecule has 0 unspecified atom stereocenters. The molecule has 1 heterocycles. The minimum atomic E-state index is -0.142. The van der Waals surface area contributed by atoms with Gasteiger partial charge in [-0.05, 0) is 30.3 Å². The summed E-state index contributed by atoms with van der Waals surface area (Å²) < 4.78 is 0. The highest BCUT2D eigenvalue weighted by atomic mass is 35.5. The average Bonchev–Trinajstić information content (AvgIpc) is 2.87. The van der Waals surface area contributed by atoms with E-state index in [1.165, 1.54) is 17.8 Å². The summed E-state index contributed by atoms with van der Waals surface area (Å²) in [5.41, 5.74) is 1.96. The van der Waals surface area contributed by atoms with Gasteiger partial charge in [-0.1, -0.05) is 35.5 Å². The highest BCUT2D eigenvalue weighted by molar-refractivity contribution is 7.99. The van der Waals surface area contributed by atoms with E-state index in [4.69, 9.17) is 11.6 Å². The number of phenols is 1. The number of aromatic nitrogens is 2. The number of halogens is 1. The molecule has 106 valence electrons. The molecule has 0 bridgehead atoms. The Kier molecular flexibility index (Phi) is 3.86. The number of H-pyrrole nitrogens is 1. The van der Waals surface area contributed by atoms with E-state index in [2.05, 4.69) is 9.97 Å². The summed E-state index contributed by atoms with van der Waals surface area (Å²) in [6, 6.07) is 11.9. The number of thioether (sulfide) groups is 1. The second kappa shape index (κ2) is 5.79. The number of hydrogen-bond donors (Lipinski definition) is 2. The van der Waals surface area contributed by atoms with Crippen molar-refractivity contribution in [2.45, 2.75) is 5.16 Å². The van der Waals surface area contributed by atoms with E-state index in [-0.39, 0.29) is 17.3 Å². The molecule has 2 N–H and O–H groups in total. The summed E-state index contributed by atoms with van der Waals surface area (Å²) in [5, 5.41) is 10.9. The summed E-state index contributed by atoms with van der Waals surface area (Å²) in [4.78, 5) is 19.6. The number of benzene rings is 2. The molecule has 0 fully saturated rings. The van der Waals surface area contributed by atoms with E-state index in [0.717, 1.165) is 11.0 Å². The molecular weight excluding hydrogens is 308 g/mol. The first-order valence-electron chi connectivity index (χ1n) is 6.23. The van der Waals surface area contributed by atoms with Gasteiger partial charge in [0.15, 0.2) is 10.9 Å². The number of nitrogens with zero attached hydrogens (tertiary/aromatic N) is 1. The van der Waals surface area contributed by atoms with Crippen molar-refractivity contribution in [2.24, 2.45) is 0 Å². The molecule has 0 aliphatic heterocycles. The van der Waals surface area contributed by atoms with Crippen LogP contribution in [0.1, 0.15) is 10.4 Å². The van der Waals surface area contributed by atoms with Crippen molar-refractivity contribution < 1.29 is 9.90 Å². The zero-order valence-corrected chi connectivity index (χ0v) is 12.4. The van der Waals surface area contributed by atoms with Crippen LogP contribution >= 0.6 is 23.4 Å². The van der Waals surface area contributed by atoms with E-state index in [0.29, 0.717) is 15.7 Å². The Morgan fingerprint density at radius 2 is 2.10 bits per heavy atom. The summed E-state index contributed by atoms with van der Waals surface area (Å²) in [6.45, 7) is 0. The van der Waals surface area contributed by atoms with Gasteiger partial charge in [-0.2, -0.15) is 0 Å². The number of aromatic amines is 1. The molecule has 0 radical (unpaired) electrons. The molecular formula is C15H11ClN2O2S. The van der Waals surface area contributed by atoms with E-state index in [9.17, 15) is 9.90 Å². The molecule has 0 amide bonds. The number of carbonyl (C=O) groups is 1. The van der Waals surface area contributed by atoms with Crippen LogP contribution in [0.15, 0.2) is 47.6 Å². The number of aromatic hydroxyl groups is 1. The van der Waals surface area contributed by atoms with Crippen LogP contribution in [0.3, 0.4) is 0 Å². The Bertz CT molecular complexity index is 816. The van der Waals surface area contributed by atoms with Crippen molar-refractivity contribution in [1.82, 2.24) is 9.97 Å². The molecule has 0 saturated carbocycles. The molecule has 0 aliphatic rings.